The fourth-order valence-electron chi connectivity index (χ4n) is 2.47. The number of halogens is 2. The highest BCUT2D eigenvalue weighted by atomic mass is 79.9. The van der Waals surface area contributed by atoms with Crippen LogP contribution in [0, 0.1) is 5.92 Å². The summed E-state index contributed by atoms with van der Waals surface area (Å²) in [6.07, 6.45) is 0.830. The molecule has 1 aliphatic rings. The number of carbonyl (C=O) groups is 1. The van der Waals surface area contributed by atoms with Crippen LogP contribution in [0.25, 0.3) is 0 Å². The topological polar surface area (TPSA) is 55.6 Å². The number of amides is 1. The third-order valence-corrected chi connectivity index (χ3v) is 4.63. The highest BCUT2D eigenvalue weighted by Crippen LogP contribution is 2.25. The molecule has 1 heterocycles. The zero-order valence-electron chi connectivity index (χ0n) is 13.0. The lowest BCUT2D eigenvalue weighted by molar-refractivity contribution is -0.141. The summed E-state index contributed by atoms with van der Waals surface area (Å²) in [5, 5.41) is 0. The second-order valence-corrected chi connectivity index (χ2v) is 6.53. The molecule has 1 aromatic carbocycles. The summed E-state index contributed by atoms with van der Waals surface area (Å²) in [5.74, 6) is 0.234. The lowest BCUT2D eigenvalue weighted by Gasteiger charge is -2.35. The van der Waals surface area contributed by atoms with Crippen molar-refractivity contribution in [3.8, 4) is 0 Å². The van der Waals surface area contributed by atoms with Gasteiger partial charge in [-0.05, 0) is 23.6 Å². The first-order chi connectivity index (χ1) is 10.0. The van der Waals surface area contributed by atoms with Crippen molar-refractivity contribution in [1.29, 1.82) is 0 Å². The van der Waals surface area contributed by atoms with Gasteiger partial charge in [-0.3, -0.25) is 4.79 Å². The maximum absolute atomic E-state index is 12.5. The quantitative estimate of drug-likeness (QED) is 0.858. The van der Waals surface area contributed by atoms with Crippen LogP contribution in [-0.2, 0) is 9.53 Å². The highest BCUT2D eigenvalue weighted by Gasteiger charge is 2.30. The van der Waals surface area contributed by atoms with Crippen molar-refractivity contribution in [3.63, 3.8) is 0 Å². The van der Waals surface area contributed by atoms with Crippen LogP contribution in [-0.4, -0.2) is 36.5 Å². The first-order valence-electron chi connectivity index (χ1n) is 7.44. The van der Waals surface area contributed by atoms with E-state index < -0.39 is 6.04 Å². The number of nitrogens with zero attached hydrogens (tertiary/aromatic N) is 1. The molecule has 2 rings (SSSR count). The summed E-state index contributed by atoms with van der Waals surface area (Å²) in [6, 6.07) is 7.60. The van der Waals surface area contributed by atoms with Gasteiger partial charge < -0.3 is 15.4 Å². The Morgan fingerprint density at radius 3 is 2.91 bits per heavy atom. The first kappa shape index (κ1) is 19.4. The van der Waals surface area contributed by atoms with Crippen LogP contribution in [0.5, 0.6) is 0 Å². The van der Waals surface area contributed by atoms with Crippen LogP contribution < -0.4 is 5.73 Å². The largest absolute Gasteiger partial charge is 0.370 e. The fourth-order valence-corrected chi connectivity index (χ4v) is 2.88. The van der Waals surface area contributed by atoms with Crippen LogP contribution in [0.4, 0.5) is 0 Å². The van der Waals surface area contributed by atoms with E-state index in [0.29, 0.717) is 19.7 Å². The zero-order valence-corrected chi connectivity index (χ0v) is 15.4. The van der Waals surface area contributed by atoms with Gasteiger partial charge in [-0.2, -0.15) is 0 Å². The molecule has 0 saturated carbocycles. The maximum Gasteiger partial charge on any atom is 0.239 e. The molecular formula is C16H24BrClN2O2. The van der Waals surface area contributed by atoms with Gasteiger partial charge in [0.25, 0.3) is 0 Å². The molecule has 1 aliphatic heterocycles. The van der Waals surface area contributed by atoms with Crippen LogP contribution in [0.3, 0.4) is 0 Å². The van der Waals surface area contributed by atoms with Gasteiger partial charge in [-0.15, -0.1) is 12.4 Å². The van der Waals surface area contributed by atoms with E-state index in [9.17, 15) is 4.79 Å². The van der Waals surface area contributed by atoms with Crippen molar-refractivity contribution in [3.05, 3.63) is 34.3 Å². The minimum Gasteiger partial charge on any atom is -0.370 e. The molecule has 0 aliphatic carbocycles. The Morgan fingerprint density at radius 2 is 2.27 bits per heavy atom. The van der Waals surface area contributed by atoms with Crippen LogP contribution in [0.15, 0.2) is 28.7 Å². The molecule has 0 spiro atoms. The van der Waals surface area contributed by atoms with Gasteiger partial charge in [0.05, 0.1) is 19.2 Å². The molecule has 6 heteroatoms. The van der Waals surface area contributed by atoms with E-state index in [1.54, 1.807) is 0 Å². The van der Waals surface area contributed by atoms with Crippen molar-refractivity contribution >= 4 is 34.2 Å². The summed E-state index contributed by atoms with van der Waals surface area (Å²) in [5.41, 5.74) is 7.15. The Kier molecular flexibility index (Phi) is 7.83. The van der Waals surface area contributed by atoms with Gasteiger partial charge >= 0.3 is 0 Å². The number of hydrogen-bond acceptors (Lipinski definition) is 3. The molecule has 0 radical (unpaired) electrons. The Balaban J connectivity index is 0.00000242. The van der Waals surface area contributed by atoms with Crippen molar-refractivity contribution in [2.75, 3.05) is 19.7 Å². The normalized spacial score (nSPS) is 20.9. The Bertz CT molecular complexity index is 501. The third kappa shape index (κ3) is 4.69. The van der Waals surface area contributed by atoms with Gasteiger partial charge in [0.15, 0.2) is 0 Å². The smallest absolute Gasteiger partial charge is 0.239 e. The SMILES string of the molecule is CCC(C)C(N)C(=O)N1CCOC(c2cccc(Br)c2)C1.Cl. The van der Waals surface area contributed by atoms with Crippen molar-refractivity contribution in [2.45, 2.75) is 32.4 Å². The summed E-state index contributed by atoms with van der Waals surface area (Å²) >= 11 is 3.47. The molecule has 1 aromatic rings. The number of rotatable bonds is 4. The van der Waals surface area contributed by atoms with Crippen LogP contribution in [0.2, 0.25) is 0 Å². The molecule has 22 heavy (non-hydrogen) atoms. The lowest BCUT2D eigenvalue weighted by atomic mass is 9.98. The van der Waals surface area contributed by atoms with Gasteiger partial charge in [0.1, 0.15) is 6.10 Å². The fraction of sp³-hybridized carbons (Fsp3) is 0.562. The summed E-state index contributed by atoms with van der Waals surface area (Å²) < 4.78 is 6.83. The number of benzene rings is 1. The van der Waals surface area contributed by atoms with Crippen LogP contribution >= 0.6 is 28.3 Å². The number of morpholine rings is 1. The summed E-state index contributed by atoms with van der Waals surface area (Å²) in [7, 11) is 0. The van der Waals surface area contributed by atoms with Gasteiger partial charge in [-0.1, -0.05) is 48.3 Å². The second kappa shape index (κ2) is 8.87. The molecule has 1 fully saturated rings. The van der Waals surface area contributed by atoms with E-state index in [4.69, 9.17) is 10.5 Å². The molecular weight excluding hydrogens is 368 g/mol. The zero-order chi connectivity index (χ0) is 15.4. The predicted octanol–water partition coefficient (Wildman–Crippen LogP) is 3.14. The van der Waals surface area contributed by atoms with E-state index in [1.165, 1.54) is 0 Å². The molecule has 1 amide bonds. The van der Waals surface area contributed by atoms with Gasteiger partial charge in [0, 0.05) is 11.0 Å². The molecule has 124 valence electrons. The van der Waals surface area contributed by atoms with Gasteiger partial charge in [-0.25, -0.2) is 0 Å². The Morgan fingerprint density at radius 1 is 1.55 bits per heavy atom. The van der Waals surface area contributed by atoms with E-state index in [2.05, 4.69) is 22.9 Å². The Labute approximate surface area is 146 Å². The van der Waals surface area contributed by atoms with Crippen molar-refractivity contribution in [2.24, 2.45) is 11.7 Å². The van der Waals surface area contributed by atoms with Crippen molar-refractivity contribution in [1.82, 2.24) is 4.90 Å². The molecule has 2 N–H and O–H groups in total. The summed E-state index contributed by atoms with van der Waals surface area (Å²) in [4.78, 5) is 14.3. The number of hydrogen-bond donors (Lipinski definition) is 1. The average Bonchev–Trinajstić information content (AvgIpc) is 2.52. The van der Waals surface area contributed by atoms with Crippen LogP contribution in [0.1, 0.15) is 31.9 Å². The van der Waals surface area contributed by atoms with Crippen molar-refractivity contribution < 1.29 is 9.53 Å². The maximum atomic E-state index is 12.5. The minimum absolute atomic E-state index is 0. The average molecular weight is 392 g/mol. The molecule has 0 aromatic heterocycles. The molecule has 3 atom stereocenters. The number of nitrogens with two attached hydrogens (primary N) is 1. The second-order valence-electron chi connectivity index (χ2n) is 5.61. The Hall–Kier alpha value is -0.620. The first-order valence-corrected chi connectivity index (χ1v) is 8.23. The van der Waals surface area contributed by atoms with E-state index in [1.807, 2.05) is 36.1 Å². The molecule has 3 unspecified atom stereocenters. The highest BCUT2D eigenvalue weighted by molar-refractivity contribution is 9.10. The minimum atomic E-state index is -0.420. The molecule has 4 nitrogen and oxygen atoms in total. The van der Waals surface area contributed by atoms with E-state index >= 15 is 0 Å². The number of carbonyl (C=O) groups excluding carboxylic acids is 1. The predicted molar refractivity (Wildman–Crippen MR) is 94.1 cm³/mol. The van der Waals surface area contributed by atoms with Gasteiger partial charge in [0.2, 0.25) is 5.91 Å². The third-order valence-electron chi connectivity index (χ3n) is 4.14. The monoisotopic (exact) mass is 390 g/mol. The van der Waals surface area contributed by atoms with E-state index in [-0.39, 0.29) is 30.3 Å². The number of ether oxygens (including phenoxy) is 1. The molecule has 1 saturated heterocycles. The van der Waals surface area contributed by atoms with E-state index in [0.717, 1.165) is 16.5 Å². The molecule has 0 bridgehead atoms. The lowest BCUT2D eigenvalue weighted by Crippen LogP contribution is -2.51. The standard InChI is InChI=1S/C16H23BrN2O2.ClH/c1-3-11(2)15(18)16(20)19-7-8-21-14(10-19)12-5-4-6-13(17)9-12;/h4-6,9,11,14-15H,3,7-8,10,18H2,1-2H3;1H. The summed E-state index contributed by atoms with van der Waals surface area (Å²) in [6.45, 7) is 5.82.